The summed E-state index contributed by atoms with van der Waals surface area (Å²) in [6.45, 7) is 4.60. The van der Waals surface area contributed by atoms with Gasteiger partial charge in [-0.05, 0) is 57.2 Å². The minimum absolute atomic E-state index is 0. The van der Waals surface area contributed by atoms with Crippen LogP contribution in [0.4, 0.5) is 0 Å². The number of halogens is 3. The summed E-state index contributed by atoms with van der Waals surface area (Å²) in [6, 6.07) is 2.02. The van der Waals surface area contributed by atoms with Gasteiger partial charge in [-0.15, -0.1) is 23.7 Å². The third kappa shape index (κ3) is 4.65. The summed E-state index contributed by atoms with van der Waals surface area (Å²) in [7, 11) is -1.84. The number of nitrogens with zero attached hydrogens (tertiary/aromatic N) is 2. The molecular weight excluding hydrogens is 423 g/mol. The molecule has 1 aromatic heterocycles. The molecule has 1 saturated heterocycles. The molecule has 9 heteroatoms. The number of hydrogen-bond donors (Lipinski definition) is 0. The summed E-state index contributed by atoms with van der Waals surface area (Å²) >= 11 is 12.9. The molecule has 25 heavy (non-hydrogen) atoms. The molecule has 0 aromatic carbocycles. The molecular formula is C16H25Cl3N2O2S2. The van der Waals surface area contributed by atoms with Crippen LogP contribution in [0.1, 0.15) is 39.0 Å². The van der Waals surface area contributed by atoms with E-state index in [9.17, 15) is 8.42 Å². The first kappa shape index (κ1) is 21.7. The Hall–Kier alpha value is 0.440. The summed E-state index contributed by atoms with van der Waals surface area (Å²) in [5.41, 5.74) is 0. The SMILES string of the molecule is CC1CCN(C2CCC(N(C)S(=O)(=O)c3cc(Cl)c(Cl)s3)C2)CC1.Cl. The van der Waals surface area contributed by atoms with Gasteiger partial charge in [-0.3, -0.25) is 0 Å². The van der Waals surface area contributed by atoms with E-state index in [4.69, 9.17) is 23.2 Å². The van der Waals surface area contributed by atoms with Gasteiger partial charge < -0.3 is 4.90 Å². The standard InChI is InChI=1S/C16H24Cl2N2O2S2.ClH/c1-11-5-7-20(8-6-11)13-4-3-12(9-13)19(2)24(21,22)15-10-14(17)16(18)23-15;/h10-13H,3-9H2,1-2H3;1H. The van der Waals surface area contributed by atoms with E-state index in [1.807, 2.05) is 0 Å². The summed E-state index contributed by atoms with van der Waals surface area (Å²) in [5, 5.41) is 0.306. The van der Waals surface area contributed by atoms with Crippen molar-refractivity contribution in [3.05, 3.63) is 15.4 Å². The highest BCUT2D eigenvalue weighted by Gasteiger charge is 2.37. The molecule has 0 N–H and O–H groups in total. The molecule has 144 valence electrons. The zero-order valence-corrected chi connectivity index (χ0v) is 18.4. The normalized spacial score (nSPS) is 26.1. The van der Waals surface area contributed by atoms with E-state index in [2.05, 4.69) is 11.8 Å². The van der Waals surface area contributed by atoms with Gasteiger partial charge in [0.05, 0.1) is 5.02 Å². The Bertz CT molecular complexity index is 668. The van der Waals surface area contributed by atoms with E-state index in [1.165, 1.54) is 23.2 Å². The maximum absolute atomic E-state index is 12.8. The topological polar surface area (TPSA) is 40.6 Å². The van der Waals surface area contributed by atoms with Crippen molar-refractivity contribution < 1.29 is 8.42 Å². The largest absolute Gasteiger partial charge is 0.300 e. The molecule has 0 radical (unpaired) electrons. The van der Waals surface area contributed by atoms with Crippen LogP contribution in [0, 0.1) is 5.92 Å². The van der Waals surface area contributed by atoms with Crippen LogP contribution in [0.3, 0.4) is 0 Å². The van der Waals surface area contributed by atoms with Crippen LogP contribution in [-0.2, 0) is 10.0 Å². The van der Waals surface area contributed by atoms with Crippen molar-refractivity contribution in [2.24, 2.45) is 5.92 Å². The van der Waals surface area contributed by atoms with Crippen molar-refractivity contribution in [1.29, 1.82) is 0 Å². The maximum Gasteiger partial charge on any atom is 0.252 e. The molecule has 2 fully saturated rings. The lowest BCUT2D eigenvalue weighted by Gasteiger charge is -2.35. The summed E-state index contributed by atoms with van der Waals surface area (Å²) in [6.07, 6.45) is 5.41. The second-order valence-corrected chi connectivity index (χ2v) is 11.3. The molecule has 0 amide bonds. The van der Waals surface area contributed by atoms with Gasteiger partial charge in [0.2, 0.25) is 0 Å². The number of thiophene rings is 1. The van der Waals surface area contributed by atoms with Crippen LogP contribution >= 0.6 is 46.9 Å². The molecule has 1 aromatic rings. The predicted octanol–water partition coefficient (Wildman–Crippen LogP) is 4.75. The lowest BCUT2D eigenvalue weighted by atomic mass is 9.97. The Labute approximate surface area is 170 Å². The lowest BCUT2D eigenvalue weighted by molar-refractivity contribution is 0.136. The Morgan fingerprint density at radius 1 is 1.20 bits per heavy atom. The van der Waals surface area contributed by atoms with Gasteiger partial charge in [0.25, 0.3) is 10.0 Å². The third-order valence-corrected chi connectivity index (χ3v) is 9.71. The van der Waals surface area contributed by atoms with Gasteiger partial charge in [0, 0.05) is 19.1 Å². The predicted molar refractivity (Wildman–Crippen MR) is 108 cm³/mol. The fraction of sp³-hybridized carbons (Fsp3) is 0.750. The van der Waals surface area contributed by atoms with E-state index in [0.717, 1.165) is 49.6 Å². The Balaban J connectivity index is 0.00000225. The maximum atomic E-state index is 12.8. The molecule has 2 heterocycles. The molecule has 2 unspecified atom stereocenters. The second kappa shape index (κ2) is 8.63. The number of hydrogen-bond acceptors (Lipinski definition) is 4. The molecule has 2 aliphatic rings. The van der Waals surface area contributed by atoms with Gasteiger partial charge in [-0.1, -0.05) is 30.1 Å². The Morgan fingerprint density at radius 3 is 2.40 bits per heavy atom. The van der Waals surface area contributed by atoms with Crippen molar-refractivity contribution in [3.8, 4) is 0 Å². The molecule has 0 bridgehead atoms. The van der Waals surface area contributed by atoms with Crippen LogP contribution < -0.4 is 0 Å². The molecule has 3 rings (SSSR count). The fourth-order valence-corrected chi connectivity index (χ4v) is 7.25. The Morgan fingerprint density at radius 2 is 1.84 bits per heavy atom. The van der Waals surface area contributed by atoms with E-state index in [1.54, 1.807) is 7.05 Å². The highest BCUT2D eigenvalue weighted by atomic mass is 35.5. The van der Waals surface area contributed by atoms with Crippen molar-refractivity contribution in [2.45, 2.75) is 55.3 Å². The van der Waals surface area contributed by atoms with Crippen LogP contribution in [-0.4, -0.2) is 49.8 Å². The first-order valence-electron chi connectivity index (χ1n) is 8.46. The zero-order chi connectivity index (χ0) is 17.5. The fourth-order valence-electron chi connectivity index (χ4n) is 3.78. The van der Waals surface area contributed by atoms with Crippen molar-refractivity contribution in [3.63, 3.8) is 0 Å². The van der Waals surface area contributed by atoms with Gasteiger partial charge in [0.15, 0.2) is 0 Å². The van der Waals surface area contributed by atoms with Crippen LogP contribution in [0.5, 0.6) is 0 Å². The van der Waals surface area contributed by atoms with Crippen LogP contribution in [0.15, 0.2) is 10.3 Å². The molecule has 4 nitrogen and oxygen atoms in total. The van der Waals surface area contributed by atoms with Gasteiger partial charge >= 0.3 is 0 Å². The van der Waals surface area contributed by atoms with Gasteiger partial charge in [-0.25, -0.2) is 8.42 Å². The number of sulfonamides is 1. The Kier molecular flexibility index (Phi) is 7.51. The second-order valence-electron chi connectivity index (χ2n) is 7.05. The van der Waals surface area contributed by atoms with E-state index >= 15 is 0 Å². The highest BCUT2D eigenvalue weighted by Crippen LogP contribution is 2.38. The van der Waals surface area contributed by atoms with Crippen molar-refractivity contribution in [1.82, 2.24) is 9.21 Å². The molecule has 1 saturated carbocycles. The quantitative estimate of drug-likeness (QED) is 0.668. The molecule has 1 aliphatic heterocycles. The van der Waals surface area contributed by atoms with E-state index in [0.29, 0.717) is 15.4 Å². The molecule has 2 atom stereocenters. The van der Waals surface area contributed by atoms with Crippen molar-refractivity contribution >= 4 is 57.0 Å². The van der Waals surface area contributed by atoms with Crippen LogP contribution in [0.25, 0.3) is 0 Å². The summed E-state index contributed by atoms with van der Waals surface area (Å²) in [5.74, 6) is 0.815. The highest BCUT2D eigenvalue weighted by molar-refractivity contribution is 7.91. The monoisotopic (exact) mass is 446 g/mol. The minimum Gasteiger partial charge on any atom is -0.300 e. The summed E-state index contributed by atoms with van der Waals surface area (Å²) in [4.78, 5) is 2.55. The zero-order valence-electron chi connectivity index (χ0n) is 14.5. The molecule has 0 spiro atoms. The number of rotatable bonds is 4. The molecule has 1 aliphatic carbocycles. The van der Waals surface area contributed by atoms with E-state index in [-0.39, 0.29) is 22.7 Å². The first-order valence-corrected chi connectivity index (χ1v) is 11.5. The first-order chi connectivity index (χ1) is 11.3. The lowest BCUT2D eigenvalue weighted by Crippen LogP contribution is -2.41. The average molecular weight is 448 g/mol. The summed E-state index contributed by atoms with van der Waals surface area (Å²) < 4.78 is 27.7. The van der Waals surface area contributed by atoms with E-state index < -0.39 is 10.0 Å². The minimum atomic E-state index is -3.52. The van der Waals surface area contributed by atoms with Crippen LogP contribution in [0.2, 0.25) is 9.36 Å². The third-order valence-electron chi connectivity index (χ3n) is 5.48. The van der Waals surface area contributed by atoms with Crippen molar-refractivity contribution in [2.75, 3.05) is 20.1 Å². The van der Waals surface area contributed by atoms with Gasteiger partial charge in [0.1, 0.15) is 8.55 Å². The number of likely N-dealkylation sites (tertiary alicyclic amines) is 1. The van der Waals surface area contributed by atoms with Gasteiger partial charge in [-0.2, -0.15) is 4.31 Å². The average Bonchev–Trinajstić information content (AvgIpc) is 3.15. The smallest absolute Gasteiger partial charge is 0.252 e. The number of piperidine rings is 1.